The third kappa shape index (κ3) is 29.5. The Hall–Kier alpha value is -1.11. The standard InChI is InChI=1S/C38H71NO8S3/c1-5-7-8-9-10-11-12-13-14-15-16-17-24-39(3,4)25-29-47-37(43)33-50-32-20-36(42)46-28-23-38(6-2,21-26-44-34(40)18-30-48)22-27-45-35(41)19-31-49/h5-33H2,1-4H3,(H-,48,49)/p+1. The number of unbranched alkanes of at least 4 members (excludes halogenated alkanes) is 11. The summed E-state index contributed by atoms with van der Waals surface area (Å²) in [6.45, 7) is 7.25. The molecular weight excluding hydrogens is 695 g/mol. The van der Waals surface area contributed by atoms with Crippen LogP contribution in [0.15, 0.2) is 0 Å². The lowest BCUT2D eigenvalue weighted by atomic mass is 9.76. The van der Waals surface area contributed by atoms with Crippen LogP contribution in [0.5, 0.6) is 0 Å². The topological polar surface area (TPSA) is 105 Å². The van der Waals surface area contributed by atoms with Gasteiger partial charge in [0, 0.05) is 17.3 Å². The summed E-state index contributed by atoms with van der Waals surface area (Å²) in [5.41, 5.74) is -0.318. The molecule has 0 spiro atoms. The van der Waals surface area contributed by atoms with Crippen molar-refractivity contribution in [1.82, 2.24) is 0 Å². The fraction of sp³-hybridized carbons (Fsp3) is 0.895. The summed E-state index contributed by atoms with van der Waals surface area (Å²) in [7, 11) is 4.38. The predicted octanol–water partition coefficient (Wildman–Crippen LogP) is 8.27. The lowest BCUT2D eigenvalue weighted by Crippen LogP contribution is -2.43. The van der Waals surface area contributed by atoms with Gasteiger partial charge in [-0.05, 0) is 37.5 Å². The van der Waals surface area contributed by atoms with Gasteiger partial charge in [0.2, 0.25) is 0 Å². The predicted molar refractivity (Wildman–Crippen MR) is 212 cm³/mol. The SMILES string of the molecule is CCCCCCCCCCCCCC[N+](C)(C)CCOC(=O)CSCCC(=O)OCCC(CC)(CCOC(=O)CCS)CCOC(=O)CCS. The number of hydrogen-bond acceptors (Lipinski definition) is 11. The molecular formula is C38H72NO8S3+. The number of hydrogen-bond donors (Lipinski definition) is 2. The minimum atomic E-state index is -0.326. The van der Waals surface area contributed by atoms with Crippen molar-refractivity contribution in [2.45, 2.75) is 136 Å². The highest BCUT2D eigenvalue weighted by Crippen LogP contribution is 2.35. The first kappa shape index (κ1) is 48.9. The van der Waals surface area contributed by atoms with Gasteiger partial charge >= 0.3 is 23.9 Å². The van der Waals surface area contributed by atoms with Crippen LogP contribution in [0.25, 0.3) is 0 Å². The van der Waals surface area contributed by atoms with E-state index in [0.29, 0.717) is 43.1 Å². The van der Waals surface area contributed by atoms with Crippen LogP contribution in [0.1, 0.15) is 136 Å². The fourth-order valence-corrected chi connectivity index (χ4v) is 6.77. The Bertz CT molecular complexity index is 866. The van der Waals surface area contributed by atoms with E-state index in [1.807, 2.05) is 6.92 Å². The van der Waals surface area contributed by atoms with Crippen molar-refractivity contribution in [3.8, 4) is 0 Å². The molecule has 0 amide bonds. The number of nitrogens with zero attached hydrogens (tertiary/aromatic N) is 1. The molecule has 0 aromatic heterocycles. The van der Waals surface area contributed by atoms with Gasteiger partial charge in [-0.2, -0.15) is 25.3 Å². The lowest BCUT2D eigenvalue weighted by Gasteiger charge is -2.32. The second kappa shape index (κ2) is 32.5. The fourth-order valence-electron chi connectivity index (χ4n) is 5.70. The maximum Gasteiger partial charge on any atom is 0.316 e. The Balaban J connectivity index is 4.20. The molecule has 0 unspecified atom stereocenters. The molecule has 0 bridgehead atoms. The Labute approximate surface area is 320 Å². The summed E-state index contributed by atoms with van der Waals surface area (Å²) in [5.74, 6) is 0.333. The van der Waals surface area contributed by atoms with Crippen LogP contribution in [0.4, 0.5) is 0 Å². The van der Waals surface area contributed by atoms with E-state index >= 15 is 0 Å². The number of carbonyl (C=O) groups is 4. The third-order valence-electron chi connectivity index (χ3n) is 9.32. The zero-order valence-corrected chi connectivity index (χ0v) is 34.6. The maximum absolute atomic E-state index is 12.4. The summed E-state index contributed by atoms with van der Waals surface area (Å²) in [5, 5.41) is 0. The number of rotatable bonds is 35. The van der Waals surface area contributed by atoms with Crippen molar-refractivity contribution in [3.05, 3.63) is 0 Å². The van der Waals surface area contributed by atoms with E-state index < -0.39 is 0 Å². The van der Waals surface area contributed by atoms with Gasteiger partial charge in [-0.3, -0.25) is 19.2 Å². The Kier molecular flexibility index (Phi) is 31.8. The summed E-state index contributed by atoms with van der Waals surface area (Å²) in [4.78, 5) is 48.3. The maximum atomic E-state index is 12.4. The van der Waals surface area contributed by atoms with Crippen molar-refractivity contribution < 1.29 is 42.6 Å². The number of quaternary nitrogens is 1. The van der Waals surface area contributed by atoms with Crippen molar-refractivity contribution in [3.63, 3.8) is 0 Å². The molecule has 294 valence electrons. The molecule has 0 atom stereocenters. The lowest BCUT2D eigenvalue weighted by molar-refractivity contribution is -0.890. The summed E-state index contributed by atoms with van der Waals surface area (Å²) < 4.78 is 22.5. The molecule has 12 heteroatoms. The monoisotopic (exact) mass is 766 g/mol. The Morgan fingerprint density at radius 1 is 0.560 bits per heavy atom. The zero-order chi connectivity index (χ0) is 37.4. The number of ether oxygens (including phenoxy) is 4. The van der Waals surface area contributed by atoms with Crippen molar-refractivity contribution in [2.75, 3.05) is 76.6 Å². The van der Waals surface area contributed by atoms with Crippen LogP contribution in [0.2, 0.25) is 0 Å². The molecule has 0 aliphatic heterocycles. The number of esters is 4. The van der Waals surface area contributed by atoms with E-state index in [2.05, 4.69) is 46.3 Å². The molecule has 0 aliphatic rings. The van der Waals surface area contributed by atoms with Crippen molar-refractivity contribution in [1.29, 1.82) is 0 Å². The van der Waals surface area contributed by atoms with Gasteiger partial charge in [-0.1, -0.05) is 84.5 Å². The average Bonchev–Trinajstić information content (AvgIpc) is 3.07. The molecule has 9 nitrogen and oxygen atoms in total. The Morgan fingerprint density at radius 2 is 0.980 bits per heavy atom. The minimum Gasteiger partial charge on any atom is -0.466 e. The van der Waals surface area contributed by atoms with Crippen LogP contribution < -0.4 is 0 Å². The van der Waals surface area contributed by atoms with Gasteiger partial charge in [0.05, 0.1) is 65.5 Å². The first-order valence-corrected chi connectivity index (χ1v) is 21.7. The second-order valence-corrected chi connectivity index (χ2v) is 16.0. The molecule has 0 saturated heterocycles. The van der Waals surface area contributed by atoms with E-state index in [4.69, 9.17) is 18.9 Å². The first-order chi connectivity index (χ1) is 24.0. The van der Waals surface area contributed by atoms with Gasteiger partial charge < -0.3 is 23.4 Å². The van der Waals surface area contributed by atoms with Gasteiger partial charge in [0.1, 0.15) is 13.2 Å². The van der Waals surface area contributed by atoms with Crippen molar-refractivity contribution in [2.24, 2.45) is 5.41 Å². The van der Waals surface area contributed by atoms with E-state index in [-0.39, 0.29) is 74.1 Å². The molecule has 0 radical (unpaired) electrons. The van der Waals surface area contributed by atoms with E-state index in [9.17, 15) is 19.2 Å². The number of thioether (sulfide) groups is 1. The molecule has 0 saturated carbocycles. The molecule has 0 rings (SSSR count). The van der Waals surface area contributed by atoms with Crippen LogP contribution in [-0.4, -0.2) is 105 Å². The van der Waals surface area contributed by atoms with Crippen molar-refractivity contribution >= 4 is 60.9 Å². The minimum absolute atomic E-state index is 0.197. The molecule has 50 heavy (non-hydrogen) atoms. The highest BCUT2D eigenvalue weighted by molar-refractivity contribution is 7.99. The molecule has 0 aromatic rings. The second-order valence-electron chi connectivity index (χ2n) is 14.0. The average molecular weight is 767 g/mol. The van der Waals surface area contributed by atoms with Crippen LogP contribution >= 0.6 is 37.0 Å². The summed E-state index contributed by atoms with van der Waals surface area (Å²) >= 11 is 9.51. The molecule has 0 aromatic carbocycles. The largest absolute Gasteiger partial charge is 0.466 e. The molecule has 0 N–H and O–H groups in total. The van der Waals surface area contributed by atoms with E-state index in [1.54, 1.807) is 0 Å². The van der Waals surface area contributed by atoms with Gasteiger partial charge in [0.25, 0.3) is 0 Å². The van der Waals surface area contributed by atoms with Crippen LogP contribution in [-0.2, 0) is 38.1 Å². The third-order valence-corrected chi connectivity index (χ3v) is 10.7. The number of thiol groups is 2. The summed E-state index contributed by atoms with van der Waals surface area (Å²) in [6.07, 6.45) is 19.2. The number of likely N-dealkylation sites (N-methyl/N-ethyl adjacent to an activating group) is 1. The van der Waals surface area contributed by atoms with Gasteiger partial charge in [0.15, 0.2) is 0 Å². The molecule has 0 aliphatic carbocycles. The zero-order valence-electron chi connectivity index (χ0n) is 32.0. The van der Waals surface area contributed by atoms with E-state index in [1.165, 1.54) is 88.8 Å². The first-order valence-electron chi connectivity index (χ1n) is 19.3. The number of carbonyl (C=O) groups excluding carboxylic acids is 4. The molecule has 0 heterocycles. The normalized spacial score (nSPS) is 11.7. The van der Waals surface area contributed by atoms with E-state index in [0.717, 1.165) is 24.0 Å². The van der Waals surface area contributed by atoms with Crippen LogP contribution in [0, 0.1) is 5.41 Å². The highest BCUT2D eigenvalue weighted by atomic mass is 32.2. The van der Waals surface area contributed by atoms with Gasteiger partial charge in [-0.15, -0.1) is 11.8 Å². The smallest absolute Gasteiger partial charge is 0.316 e. The molecule has 0 fully saturated rings. The Morgan fingerprint density at radius 3 is 1.42 bits per heavy atom. The quantitative estimate of drug-likeness (QED) is 0.0217. The van der Waals surface area contributed by atoms with Crippen LogP contribution in [0.3, 0.4) is 0 Å². The highest BCUT2D eigenvalue weighted by Gasteiger charge is 2.29. The summed E-state index contributed by atoms with van der Waals surface area (Å²) in [6, 6.07) is 0. The van der Waals surface area contributed by atoms with Gasteiger partial charge in [-0.25, -0.2) is 0 Å².